The van der Waals surface area contributed by atoms with E-state index in [9.17, 15) is 9.18 Å². The van der Waals surface area contributed by atoms with Gasteiger partial charge in [0, 0.05) is 44.8 Å². The summed E-state index contributed by atoms with van der Waals surface area (Å²) in [5.74, 6) is -0.176. The lowest BCUT2D eigenvalue weighted by Gasteiger charge is -2.38. The van der Waals surface area contributed by atoms with Crippen molar-refractivity contribution in [2.75, 3.05) is 33.7 Å². The smallest absolute Gasteiger partial charge is 0.224 e. The first-order chi connectivity index (χ1) is 13.0. The second kappa shape index (κ2) is 9.06. The number of benzene rings is 1. The molecule has 1 fully saturated rings. The van der Waals surface area contributed by atoms with Gasteiger partial charge in [0.2, 0.25) is 5.91 Å². The van der Waals surface area contributed by atoms with Gasteiger partial charge in [-0.15, -0.1) is 0 Å². The molecule has 0 unspecified atom stereocenters. The van der Waals surface area contributed by atoms with Gasteiger partial charge in [-0.1, -0.05) is 18.2 Å². The van der Waals surface area contributed by atoms with Crippen molar-refractivity contribution < 1.29 is 9.18 Å². The molecule has 5 nitrogen and oxygen atoms in total. The Hall–Kier alpha value is -2.31. The van der Waals surface area contributed by atoms with Crippen molar-refractivity contribution in [3.05, 3.63) is 65.7 Å². The Kier molecular flexibility index (Phi) is 6.53. The summed E-state index contributed by atoms with van der Waals surface area (Å²) >= 11 is 0. The molecule has 6 heteroatoms. The molecule has 3 rings (SSSR count). The minimum Gasteiger partial charge on any atom is -0.332 e. The van der Waals surface area contributed by atoms with E-state index < -0.39 is 0 Å². The lowest BCUT2D eigenvalue weighted by Crippen LogP contribution is -2.51. The van der Waals surface area contributed by atoms with E-state index in [1.54, 1.807) is 18.3 Å². The molecule has 0 N–H and O–H groups in total. The van der Waals surface area contributed by atoms with E-state index in [0.717, 1.165) is 30.9 Å². The highest BCUT2D eigenvalue weighted by Gasteiger charge is 2.27. The Bertz CT molecular complexity index is 738. The van der Waals surface area contributed by atoms with E-state index in [4.69, 9.17) is 0 Å². The average molecular weight is 370 g/mol. The number of pyridine rings is 1. The Morgan fingerprint density at radius 2 is 1.93 bits per heavy atom. The predicted molar refractivity (Wildman–Crippen MR) is 103 cm³/mol. The first kappa shape index (κ1) is 19.5. The minimum absolute atomic E-state index is 0.0946. The van der Waals surface area contributed by atoms with Crippen molar-refractivity contribution in [1.82, 2.24) is 19.7 Å². The SMILES string of the molecule is CN1CCN(C)[C@H](CC(=O)N(Cc2ccc(F)cc2)Cc2ccccn2)C1. The average Bonchev–Trinajstić information content (AvgIpc) is 2.66. The van der Waals surface area contributed by atoms with Gasteiger partial charge < -0.3 is 14.7 Å². The standard InChI is InChI=1S/C21H27FN4O/c1-24-11-12-25(2)20(16-24)13-21(27)26(15-19-5-3-4-10-23-19)14-17-6-8-18(22)9-7-17/h3-10,20H,11-16H2,1-2H3/t20-/m1/s1. The Balaban J connectivity index is 1.73. The van der Waals surface area contributed by atoms with Crippen molar-refractivity contribution in [2.45, 2.75) is 25.6 Å². The number of halogens is 1. The zero-order valence-electron chi connectivity index (χ0n) is 16.0. The molecule has 144 valence electrons. The quantitative estimate of drug-likeness (QED) is 0.783. The molecule has 0 bridgehead atoms. The molecule has 2 heterocycles. The van der Waals surface area contributed by atoms with E-state index in [1.165, 1.54) is 12.1 Å². The molecule has 1 aromatic carbocycles. The van der Waals surface area contributed by atoms with Gasteiger partial charge in [0.1, 0.15) is 5.82 Å². The summed E-state index contributed by atoms with van der Waals surface area (Å²) in [4.78, 5) is 23.8. The number of piperazine rings is 1. The van der Waals surface area contributed by atoms with Gasteiger partial charge >= 0.3 is 0 Å². The number of hydrogen-bond donors (Lipinski definition) is 0. The van der Waals surface area contributed by atoms with Gasteiger partial charge in [-0.05, 0) is 43.9 Å². The van der Waals surface area contributed by atoms with Crippen molar-refractivity contribution in [2.24, 2.45) is 0 Å². The fourth-order valence-corrected chi connectivity index (χ4v) is 3.38. The molecule has 0 aliphatic carbocycles. The second-order valence-corrected chi connectivity index (χ2v) is 7.30. The molecule has 1 aliphatic heterocycles. The third-order valence-corrected chi connectivity index (χ3v) is 5.11. The van der Waals surface area contributed by atoms with Gasteiger partial charge in [-0.3, -0.25) is 9.78 Å². The van der Waals surface area contributed by atoms with Crippen molar-refractivity contribution in [3.8, 4) is 0 Å². The maximum Gasteiger partial charge on any atom is 0.224 e. The van der Waals surface area contributed by atoms with Gasteiger partial charge in [0.15, 0.2) is 0 Å². The van der Waals surface area contributed by atoms with Gasteiger partial charge in [-0.25, -0.2) is 4.39 Å². The van der Waals surface area contributed by atoms with Crippen LogP contribution in [0, 0.1) is 5.82 Å². The molecule has 0 radical (unpaired) electrons. The van der Waals surface area contributed by atoms with Crippen LogP contribution >= 0.6 is 0 Å². The van der Waals surface area contributed by atoms with E-state index >= 15 is 0 Å². The van der Waals surface area contributed by atoms with Crippen molar-refractivity contribution in [3.63, 3.8) is 0 Å². The van der Waals surface area contributed by atoms with Gasteiger partial charge in [-0.2, -0.15) is 0 Å². The largest absolute Gasteiger partial charge is 0.332 e. The normalized spacial score (nSPS) is 18.4. The van der Waals surface area contributed by atoms with E-state index in [2.05, 4.69) is 28.9 Å². The van der Waals surface area contributed by atoms with Crippen LogP contribution in [0.3, 0.4) is 0 Å². The topological polar surface area (TPSA) is 39.7 Å². The third kappa shape index (κ3) is 5.58. The third-order valence-electron chi connectivity index (χ3n) is 5.11. The highest BCUT2D eigenvalue weighted by atomic mass is 19.1. The summed E-state index contributed by atoms with van der Waals surface area (Å²) in [5, 5.41) is 0. The molecule has 1 saturated heterocycles. The van der Waals surface area contributed by atoms with Crippen LogP contribution in [-0.2, 0) is 17.9 Å². The van der Waals surface area contributed by atoms with Gasteiger partial charge in [0.05, 0.1) is 12.2 Å². The molecular weight excluding hydrogens is 343 g/mol. The first-order valence-corrected chi connectivity index (χ1v) is 9.32. The molecule has 1 amide bonds. The zero-order valence-corrected chi connectivity index (χ0v) is 16.0. The lowest BCUT2D eigenvalue weighted by molar-refractivity contribution is -0.134. The summed E-state index contributed by atoms with van der Waals surface area (Å²) in [6.07, 6.45) is 2.20. The molecule has 1 aromatic heterocycles. The summed E-state index contributed by atoms with van der Waals surface area (Å²) < 4.78 is 13.2. The van der Waals surface area contributed by atoms with Crippen LogP contribution in [-0.4, -0.2) is 65.4 Å². The maximum atomic E-state index is 13.2. The number of carbonyl (C=O) groups excluding carboxylic acids is 1. The van der Waals surface area contributed by atoms with Crippen LogP contribution in [0.25, 0.3) is 0 Å². The first-order valence-electron chi connectivity index (χ1n) is 9.32. The van der Waals surface area contributed by atoms with Crippen LogP contribution in [0.15, 0.2) is 48.7 Å². The fraction of sp³-hybridized carbons (Fsp3) is 0.429. The van der Waals surface area contributed by atoms with Crippen LogP contribution in [0.4, 0.5) is 4.39 Å². The van der Waals surface area contributed by atoms with Crippen LogP contribution in [0.1, 0.15) is 17.7 Å². The van der Waals surface area contributed by atoms with Crippen LogP contribution < -0.4 is 0 Å². The number of hydrogen-bond acceptors (Lipinski definition) is 4. The predicted octanol–water partition coefficient (Wildman–Crippen LogP) is 2.39. The zero-order chi connectivity index (χ0) is 19.2. The van der Waals surface area contributed by atoms with Crippen LogP contribution in [0.2, 0.25) is 0 Å². The summed E-state index contributed by atoms with van der Waals surface area (Å²) in [7, 11) is 4.17. The number of likely N-dealkylation sites (N-methyl/N-ethyl adjacent to an activating group) is 2. The van der Waals surface area contributed by atoms with E-state index in [1.807, 2.05) is 23.1 Å². The second-order valence-electron chi connectivity index (χ2n) is 7.30. The molecule has 27 heavy (non-hydrogen) atoms. The monoisotopic (exact) mass is 370 g/mol. The summed E-state index contributed by atoms with van der Waals surface area (Å²) in [5.41, 5.74) is 1.76. The Morgan fingerprint density at radius 3 is 2.63 bits per heavy atom. The number of aromatic nitrogens is 1. The summed E-state index contributed by atoms with van der Waals surface area (Å²) in [6.45, 7) is 3.77. The lowest BCUT2D eigenvalue weighted by atomic mass is 10.1. The number of nitrogens with zero attached hydrogens (tertiary/aromatic N) is 4. The van der Waals surface area contributed by atoms with Gasteiger partial charge in [0.25, 0.3) is 0 Å². The minimum atomic E-state index is -0.270. The van der Waals surface area contributed by atoms with Crippen LogP contribution in [0.5, 0.6) is 0 Å². The highest BCUT2D eigenvalue weighted by Crippen LogP contribution is 2.15. The fourth-order valence-electron chi connectivity index (χ4n) is 3.38. The van der Waals surface area contributed by atoms with E-state index in [0.29, 0.717) is 19.5 Å². The Morgan fingerprint density at radius 1 is 1.15 bits per heavy atom. The number of carbonyl (C=O) groups is 1. The molecule has 0 saturated carbocycles. The molecule has 0 spiro atoms. The maximum absolute atomic E-state index is 13.2. The molecule has 1 atom stereocenters. The Labute approximate surface area is 160 Å². The molecule has 2 aromatic rings. The number of amides is 1. The molecule has 1 aliphatic rings. The van der Waals surface area contributed by atoms with Crippen molar-refractivity contribution >= 4 is 5.91 Å². The summed E-state index contributed by atoms with van der Waals surface area (Å²) in [6, 6.07) is 12.2. The highest BCUT2D eigenvalue weighted by molar-refractivity contribution is 5.77. The van der Waals surface area contributed by atoms with Crippen molar-refractivity contribution in [1.29, 1.82) is 0 Å². The number of rotatable bonds is 6. The van der Waals surface area contributed by atoms with E-state index in [-0.39, 0.29) is 17.8 Å². The molecular formula is C21H27FN4O.